The molecule has 1 aliphatic carbocycles. The predicted molar refractivity (Wildman–Crippen MR) is 129 cm³/mol. The molecule has 0 unspecified atom stereocenters. The van der Waals surface area contributed by atoms with E-state index in [1.54, 1.807) is 29.8 Å². The molecule has 1 aliphatic heterocycles. The Bertz CT molecular complexity index is 1280. The maximum absolute atomic E-state index is 13.5. The summed E-state index contributed by atoms with van der Waals surface area (Å²) in [4.78, 5) is 36.9. The number of aromatic nitrogens is 2. The van der Waals surface area contributed by atoms with Crippen LogP contribution in [0.4, 0.5) is 5.82 Å². The lowest BCUT2D eigenvalue weighted by Gasteiger charge is -2.36. The molecule has 2 aliphatic rings. The third kappa shape index (κ3) is 4.12. The van der Waals surface area contributed by atoms with E-state index >= 15 is 0 Å². The van der Waals surface area contributed by atoms with Gasteiger partial charge in [-0.3, -0.25) is 14.6 Å². The first-order chi connectivity index (χ1) is 16.0. The summed E-state index contributed by atoms with van der Waals surface area (Å²) in [7, 11) is 0. The Morgan fingerprint density at radius 1 is 1.12 bits per heavy atom. The van der Waals surface area contributed by atoms with Crippen LogP contribution in [-0.4, -0.2) is 21.7 Å². The fourth-order valence-electron chi connectivity index (χ4n) is 4.74. The molecular weight excluding hydrogens is 432 g/mol. The van der Waals surface area contributed by atoms with Gasteiger partial charge in [0.1, 0.15) is 5.82 Å². The maximum Gasteiger partial charge on any atom is 0.255 e. The fourth-order valence-corrected chi connectivity index (χ4v) is 5.57. The molecule has 3 aromatic rings. The van der Waals surface area contributed by atoms with Crippen molar-refractivity contribution in [1.29, 1.82) is 0 Å². The zero-order chi connectivity index (χ0) is 22.9. The van der Waals surface area contributed by atoms with Crippen LogP contribution in [0.5, 0.6) is 0 Å². The number of ketones is 1. The molecule has 4 heterocycles. The second kappa shape index (κ2) is 8.75. The van der Waals surface area contributed by atoms with Crippen LogP contribution < -0.4 is 10.6 Å². The molecule has 0 bridgehead atoms. The average Bonchev–Trinajstić information content (AvgIpc) is 3.33. The van der Waals surface area contributed by atoms with Crippen LogP contribution in [0.1, 0.15) is 47.7 Å². The third-order valence-corrected chi connectivity index (χ3v) is 7.20. The second-order valence-corrected chi connectivity index (χ2v) is 9.42. The molecule has 3 aromatic heterocycles. The number of aryl methyl sites for hydroxylation is 1. The Morgan fingerprint density at radius 3 is 2.73 bits per heavy atom. The SMILES string of the molecule is CC1=C(C(=O)Nc2cccc(C)n2)[C@H](c2cccnc2)C2=C(C[C@H](c3cccs3)CC2=O)N1. The van der Waals surface area contributed by atoms with Gasteiger partial charge in [-0.15, -0.1) is 11.3 Å². The molecule has 0 fully saturated rings. The van der Waals surface area contributed by atoms with Crippen LogP contribution in [0, 0.1) is 6.92 Å². The van der Waals surface area contributed by atoms with Gasteiger partial charge in [-0.05, 0) is 55.5 Å². The number of hydrogen-bond acceptors (Lipinski definition) is 6. The summed E-state index contributed by atoms with van der Waals surface area (Å²) in [5, 5.41) is 8.38. The van der Waals surface area contributed by atoms with Crippen molar-refractivity contribution in [3.8, 4) is 0 Å². The summed E-state index contributed by atoms with van der Waals surface area (Å²) >= 11 is 1.68. The first kappa shape index (κ1) is 21.3. The number of carbonyl (C=O) groups excluding carboxylic acids is 2. The van der Waals surface area contributed by atoms with Gasteiger partial charge < -0.3 is 10.6 Å². The first-order valence-corrected chi connectivity index (χ1v) is 11.8. The molecule has 2 atom stereocenters. The quantitative estimate of drug-likeness (QED) is 0.587. The highest BCUT2D eigenvalue weighted by Gasteiger charge is 2.41. The highest BCUT2D eigenvalue weighted by molar-refractivity contribution is 7.10. The van der Waals surface area contributed by atoms with E-state index in [2.05, 4.69) is 26.7 Å². The van der Waals surface area contributed by atoms with Crippen molar-refractivity contribution in [3.63, 3.8) is 0 Å². The lowest BCUT2D eigenvalue weighted by Crippen LogP contribution is -2.37. The number of amides is 1. The number of dihydropyridines is 1. The third-order valence-electron chi connectivity index (χ3n) is 6.17. The molecule has 33 heavy (non-hydrogen) atoms. The Balaban J connectivity index is 1.55. The number of carbonyl (C=O) groups is 2. The van der Waals surface area contributed by atoms with Crippen LogP contribution in [0.25, 0.3) is 0 Å². The molecule has 5 rings (SSSR count). The summed E-state index contributed by atoms with van der Waals surface area (Å²) in [6, 6.07) is 13.4. The maximum atomic E-state index is 13.5. The number of nitrogens with zero attached hydrogens (tertiary/aromatic N) is 2. The largest absolute Gasteiger partial charge is 0.362 e. The van der Waals surface area contributed by atoms with Crippen LogP contribution in [0.3, 0.4) is 0 Å². The highest BCUT2D eigenvalue weighted by atomic mass is 32.1. The van der Waals surface area contributed by atoms with Gasteiger partial charge >= 0.3 is 0 Å². The van der Waals surface area contributed by atoms with Crippen molar-refractivity contribution in [2.24, 2.45) is 0 Å². The van der Waals surface area contributed by atoms with E-state index in [1.165, 1.54) is 4.88 Å². The van der Waals surface area contributed by atoms with Crippen LogP contribution in [-0.2, 0) is 9.59 Å². The number of anilines is 1. The van der Waals surface area contributed by atoms with Crippen molar-refractivity contribution in [3.05, 3.63) is 98.9 Å². The molecule has 2 N–H and O–H groups in total. The van der Waals surface area contributed by atoms with E-state index in [9.17, 15) is 9.59 Å². The molecule has 0 spiro atoms. The van der Waals surface area contributed by atoms with Crippen LogP contribution in [0.2, 0.25) is 0 Å². The number of Topliss-reactive ketones (excluding diaryl/α,β-unsaturated/α-hetero) is 1. The van der Waals surface area contributed by atoms with E-state index < -0.39 is 5.92 Å². The van der Waals surface area contributed by atoms with Crippen LogP contribution in [0.15, 0.2) is 82.8 Å². The number of nitrogens with one attached hydrogen (secondary N) is 2. The molecule has 0 radical (unpaired) electrons. The Hall–Kier alpha value is -3.58. The number of hydrogen-bond donors (Lipinski definition) is 2. The zero-order valence-corrected chi connectivity index (χ0v) is 19.3. The Morgan fingerprint density at radius 2 is 2.00 bits per heavy atom. The van der Waals surface area contributed by atoms with Gasteiger partial charge in [-0.25, -0.2) is 4.98 Å². The molecule has 0 saturated heterocycles. The van der Waals surface area contributed by atoms with Gasteiger partial charge in [0.05, 0.1) is 0 Å². The summed E-state index contributed by atoms with van der Waals surface area (Å²) in [5.41, 5.74) is 4.48. The predicted octanol–water partition coefficient (Wildman–Crippen LogP) is 4.85. The zero-order valence-electron chi connectivity index (χ0n) is 18.5. The number of allylic oxidation sites excluding steroid dienone is 3. The molecule has 6 nitrogen and oxygen atoms in total. The van der Waals surface area contributed by atoms with E-state index in [0.29, 0.717) is 23.4 Å². The summed E-state index contributed by atoms with van der Waals surface area (Å²) < 4.78 is 0. The highest BCUT2D eigenvalue weighted by Crippen LogP contribution is 2.46. The van der Waals surface area contributed by atoms with Crippen molar-refractivity contribution in [2.45, 2.75) is 38.5 Å². The molecule has 1 amide bonds. The Labute approximate surface area is 196 Å². The summed E-state index contributed by atoms with van der Waals surface area (Å²) in [5.74, 6) is -0.0403. The lowest BCUT2D eigenvalue weighted by atomic mass is 9.73. The molecule has 0 saturated carbocycles. The average molecular weight is 457 g/mol. The molecule has 7 heteroatoms. The fraction of sp³-hybridized carbons (Fsp3) is 0.231. The minimum absolute atomic E-state index is 0.0717. The van der Waals surface area contributed by atoms with E-state index in [0.717, 1.165) is 29.1 Å². The molecule has 0 aromatic carbocycles. The molecular formula is C26H24N4O2S. The summed E-state index contributed by atoms with van der Waals surface area (Å²) in [6.45, 7) is 3.77. The van der Waals surface area contributed by atoms with Gasteiger partial charge in [0.2, 0.25) is 0 Å². The van der Waals surface area contributed by atoms with Crippen LogP contribution >= 0.6 is 11.3 Å². The van der Waals surface area contributed by atoms with Crippen molar-refractivity contribution >= 4 is 28.8 Å². The standard InChI is InChI=1S/C26H24N4O2S/c1-15-6-3-9-22(28-15)30-26(32)23-16(2)29-19-12-18(21-8-5-11-33-21)13-20(31)25(19)24(23)17-7-4-10-27-14-17/h3-11,14,18,24,29H,12-13H2,1-2H3,(H,28,30,32)/t18-,24-/m0/s1. The first-order valence-electron chi connectivity index (χ1n) is 10.9. The van der Waals surface area contributed by atoms with Gasteiger partial charge in [0, 0.05) is 63.8 Å². The molecule has 166 valence electrons. The normalized spacial score (nSPS) is 20.4. The lowest BCUT2D eigenvalue weighted by molar-refractivity contribution is -0.116. The minimum atomic E-state index is -0.475. The second-order valence-electron chi connectivity index (χ2n) is 8.44. The number of thiophene rings is 1. The van der Waals surface area contributed by atoms with Gasteiger partial charge in [-0.1, -0.05) is 18.2 Å². The van der Waals surface area contributed by atoms with Gasteiger partial charge in [-0.2, -0.15) is 0 Å². The minimum Gasteiger partial charge on any atom is -0.362 e. The summed E-state index contributed by atoms with van der Waals surface area (Å²) in [6.07, 6.45) is 4.61. The van der Waals surface area contributed by atoms with E-state index in [4.69, 9.17) is 0 Å². The van der Waals surface area contributed by atoms with E-state index in [-0.39, 0.29) is 17.6 Å². The van der Waals surface area contributed by atoms with Gasteiger partial charge in [0.25, 0.3) is 5.91 Å². The Kier molecular flexibility index (Phi) is 5.64. The van der Waals surface area contributed by atoms with Crippen molar-refractivity contribution in [2.75, 3.05) is 5.32 Å². The number of rotatable bonds is 4. The number of pyridine rings is 2. The van der Waals surface area contributed by atoms with E-state index in [1.807, 2.05) is 49.6 Å². The smallest absolute Gasteiger partial charge is 0.255 e. The van der Waals surface area contributed by atoms with Crippen molar-refractivity contribution < 1.29 is 9.59 Å². The topological polar surface area (TPSA) is 84.0 Å². The monoisotopic (exact) mass is 456 g/mol. The van der Waals surface area contributed by atoms with Crippen molar-refractivity contribution in [1.82, 2.24) is 15.3 Å². The van der Waals surface area contributed by atoms with Gasteiger partial charge in [0.15, 0.2) is 5.78 Å².